The number of hydrogen-bond acceptors (Lipinski definition) is 4. The minimum atomic E-state index is 0.581. The van der Waals surface area contributed by atoms with Crippen molar-refractivity contribution >= 4 is 29.1 Å². The first kappa shape index (κ1) is 13.2. The zero-order valence-electron chi connectivity index (χ0n) is 11.7. The van der Waals surface area contributed by atoms with Crippen LogP contribution in [0, 0.1) is 6.92 Å². The van der Waals surface area contributed by atoms with Gasteiger partial charge in [0.05, 0.1) is 6.20 Å². The molecule has 0 fully saturated rings. The van der Waals surface area contributed by atoms with Crippen LogP contribution in [0.5, 0.6) is 0 Å². The van der Waals surface area contributed by atoms with Gasteiger partial charge in [-0.25, -0.2) is 4.98 Å². The Hall–Kier alpha value is -1.81. The summed E-state index contributed by atoms with van der Waals surface area (Å²) in [6, 6.07) is 6.53. The highest BCUT2D eigenvalue weighted by atomic mass is 35.5. The first-order valence-corrected chi connectivity index (χ1v) is 7.14. The Morgan fingerprint density at radius 1 is 1.35 bits per heavy atom. The lowest BCUT2D eigenvalue weighted by Crippen LogP contribution is -2.26. The van der Waals surface area contributed by atoms with Crippen LogP contribution in [0.3, 0.4) is 0 Å². The highest BCUT2D eigenvalue weighted by Crippen LogP contribution is 2.36. The largest absolute Gasteiger partial charge is 0.357 e. The first-order valence-electron chi connectivity index (χ1n) is 6.76. The number of anilines is 3. The summed E-state index contributed by atoms with van der Waals surface area (Å²) in [6.45, 7) is 3.05. The van der Waals surface area contributed by atoms with Gasteiger partial charge < -0.3 is 10.2 Å². The van der Waals surface area contributed by atoms with Crippen LogP contribution in [0.1, 0.15) is 17.5 Å². The first-order chi connectivity index (χ1) is 9.69. The molecule has 5 heteroatoms. The minimum Gasteiger partial charge on any atom is -0.357 e. The maximum atomic E-state index is 6.29. The van der Waals surface area contributed by atoms with E-state index in [1.807, 2.05) is 0 Å². The number of benzene rings is 1. The summed E-state index contributed by atoms with van der Waals surface area (Å²) >= 11 is 6.29. The number of hydrogen-bond donors (Lipinski definition) is 1. The van der Waals surface area contributed by atoms with Gasteiger partial charge in [-0.05, 0) is 31.4 Å². The highest BCUT2D eigenvalue weighted by molar-refractivity contribution is 6.33. The Morgan fingerprint density at radius 2 is 2.20 bits per heavy atom. The van der Waals surface area contributed by atoms with Crippen molar-refractivity contribution < 1.29 is 0 Å². The third kappa shape index (κ3) is 2.31. The molecule has 0 aliphatic carbocycles. The fraction of sp³-hybridized carbons (Fsp3) is 0.333. The Kier molecular flexibility index (Phi) is 3.49. The average molecular weight is 289 g/mol. The molecule has 0 spiro atoms. The van der Waals surface area contributed by atoms with Gasteiger partial charge >= 0.3 is 0 Å². The normalized spacial score (nSPS) is 14.1. The second-order valence-corrected chi connectivity index (χ2v) is 5.41. The molecule has 1 aromatic heterocycles. The number of aromatic nitrogens is 2. The van der Waals surface area contributed by atoms with Crippen LogP contribution in [0.4, 0.5) is 17.5 Å². The van der Waals surface area contributed by atoms with Crippen LogP contribution in [0.2, 0.25) is 5.02 Å². The zero-order chi connectivity index (χ0) is 14.1. The van der Waals surface area contributed by atoms with Gasteiger partial charge in [0.25, 0.3) is 0 Å². The number of nitrogens with one attached hydrogen (secondary N) is 1. The Balaban J connectivity index is 2.08. The lowest BCUT2D eigenvalue weighted by Gasteiger charge is -2.31. The van der Waals surface area contributed by atoms with Gasteiger partial charge in [0.2, 0.25) is 5.95 Å². The van der Waals surface area contributed by atoms with E-state index < -0.39 is 0 Å². The summed E-state index contributed by atoms with van der Waals surface area (Å²) in [4.78, 5) is 10.8. The van der Waals surface area contributed by atoms with Crippen LogP contribution in [-0.2, 0) is 6.42 Å². The van der Waals surface area contributed by atoms with Gasteiger partial charge in [-0.15, -0.1) is 0 Å². The lowest BCUT2D eigenvalue weighted by atomic mass is 9.99. The molecular weight excluding hydrogens is 272 g/mol. The maximum absolute atomic E-state index is 6.29. The molecule has 1 aliphatic heterocycles. The third-order valence-electron chi connectivity index (χ3n) is 3.56. The van der Waals surface area contributed by atoms with E-state index in [1.54, 1.807) is 13.2 Å². The van der Waals surface area contributed by atoms with E-state index in [0.29, 0.717) is 11.0 Å². The van der Waals surface area contributed by atoms with E-state index in [-0.39, 0.29) is 0 Å². The number of aryl methyl sites for hydroxylation is 2. The Labute approximate surface area is 123 Å². The monoisotopic (exact) mass is 288 g/mol. The molecule has 0 amide bonds. The molecule has 0 bridgehead atoms. The van der Waals surface area contributed by atoms with E-state index in [1.165, 1.54) is 16.8 Å². The smallest absolute Gasteiger partial charge is 0.224 e. The van der Waals surface area contributed by atoms with Crippen molar-refractivity contribution in [2.45, 2.75) is 19.8 Å². The summed E-state index contributed by atoms with van der Waals surface area (Å²) in [6.07, 6.45) is 3.86. The van der Waals surface area contributed by atoms with E-state index in [0.717, 1.165) is 25.2 Å². The minimum absolute atomic E-state index is 0.581. The van der Waals surface area contributed by atoms with Crippen LogP contribution >= 0.6 is 11.6 Å². The second-order valence-electron chi connectivity index (χ2n) is 5.00. The molecule has 0 saturated heterocycles. The van der Waals surface area contributed by atoms with E-state index >= 15 is 0 Å². The van der Waals surface area contributed by atoms with Crippen LogP contribution in [-0.4, -0.2) is 23.6 Å². The molecule has 2 heterocycles. The highest BCUT2D eigenvalue weighted by Gasteiger charge is 2.21. The molecule has 0 atom stereocenters. The number of fused-ring (bicyclic) bond motifs is 1. The predicted molar refractivity (Wildman–Crippen MR) is 83.1 cm³/mol. The van der Waals surface area contributed by atoms with Crippen LogP contribution < -0.4 is 10.2 Å². The zero-order valence-corrected chi connectivity index (χ0v) is 12.4. The van der Waals surface area contributed by atoms with Crippen molar-refractivity contribution in [1.29, 1.82) is 0 Å². The van der Waals surface area contributed by atoms with Gasteiger partial charge in [-0.3, -0.25) is 0 Å². The quantitative estimate of drug-likeness (QED) is 0.917. The van der Waals surface area contributed by atoms with Crippen molar-refractivity contribution in [1.82, 2.24) is 9.97 Å². The molecular formula is C15H17ClN4. The predicted octanol–water partition coefficient (Wildman–Crippen LogP) is 3.56. The average Bonchev–Trinajstić information content (AvgIpc) is 2.47. The summed E-state index contributed by atoms with van der Waals surface area (Å²) in [7, 11) is 1.81. The molecule has 104 valence electrons. The fourth-order valence-corrected chi connectivity index (χ4v) is 2.81. The maximum Gasteiger partial charge on any atom is 0.224 e. The Morgan fingerprint density at radius 3 is 3.00 bits per heavy atom. The molecule has 0 radical (unpaired) electrons. The topological polar surface area (TPSA) is 41.1 Å². The Bertz CT molecular complexity index is 642. The van der Waals surface area contributed by atoms with Gasteiger partial charge in [0.1, 0.15) is 5.02 Å². The number of nitrogens with zero attached hydrogens (tertiary/aromatic N) is 3. The van der Waals surface area contributed by atoms with Gasteiger partial charge in [-0.2, -0.15) is 4.98 Å². The summed E-state index contributed by atoms with van der Waals surface area (Å²) < 4.78 is 0. The molecule has 1 aromatic carbocycles. The van der Waals surface area contributed by atoms with Crippen molar-refractivity contribution in [3.63, 3.8) is 0 Å². The SMILES string of the molecule is CNc1ncc(Cl)c(N2CCCc3cc(C)ccc32)n1. The second kappa shape index (κ2) is 5.29. The fourth-order valence-electron chi connectivity index (χ4n) is 2.61. The summed E-state index contributed by atoms with van der Waals surface area (Å²) in [5.41, 5.74) is 3.84. The molecule has 2 aromatic rings. The van der Waals surface area contributed by atoms with E-state index in [9.17, 15) is 0 Å². The van der Waals surface area contributed by atoms with Crippen LogP contribution in [0.15, 0.2) is 24.4 Å². The summed E-state index contributed by atoms with van der Waals surface area (Å²) in [5.74, 6) is 1.36. The number of rotatable bonds is 2. The standard InChI is InChI=1S/C15H17ClN4/c1-10-5-6-13-11(8-10)4-3-7-20(13)14-12(16)9-18-15(17-2)19-14/h5-6,8-9H,3-4,7H2,1-2H3,(H,17,18,19). The van der Waals surface area contributed by atoms with Gasteiger partial charge in [0, 0.05) is 19.3 Å². The third-order valence-corrected chi connectivity index (χ3v) is 3.83. The van der Waals surface area contributed by atoms with Crippen molar-refractivity contribution in [2.24, 2.45) is 0 Å². The van der Waals surface area contributed by atoms with Crippen molar-refractivity contribution in [3.8, 4) is 0 Å². The van der Waals surface area contributed by atoms with E-state index in [4.69, 9.17) is 11.6 Å². The van der Waals surface area contributed by atoms with Crippen molar-refractivity contribution in [2.75, 3.05) is 23.8 Å². The van der Waals surface area contributed by atoms with Crippen LogP contribution in [0.25, 0.3) is 0 Å². The van der Waals surface area contributed by atoms with Crippen molar-refractivity contribution in [3.05, 3.63) is 40.5 Å². The van der Waals surface area contributed by atoms with Gasteiger partial charge in [0.15, 0.2) is 5.82 Å². The molecule has 1 N–H and O–H groups in total. The van der Waals surface area contributed by atoms with E-state index in [2.05, 4.69) is 45.3 Å². The molecule has 1 aliphatic rings. The molecule has 3 rings (SSSR count). The lowest BCUT2D eigenvalue weighted by molar-refractivity contribution is 0.758. The molecule has 0 saturated carbocycles. The van der Waals surface area contributed by atoms with Gasteiger partial charge in [-0.1, -0.05) is 29.3 Å². The summed E-state index contributed by atoms with van der Waals surface area (Å²) in [5, 5.41) is 3.54. The molecule has 4 nitrogen and oxygen atoms in total. The number of halogens is 1. The molecule has 20 heavy (non-hydrogen) atoms. The molecule has 0 unspecified atom stereocenters.